The lowest BCUT2D eigenvalue weighted by molar-refractivity contribution is 0.554. The fourth-order valence-corrected chi connectivity index (χ4v) is 1.23. The molecular weight excluding hydrogens is 160 g/mol. The highest BCUT2D eigenvalue weighted by atomic mass is 32.2. The lowest BCUT2D eigenvalue weighted by atomic mass is 10.2. The molecule has 0 fully saturated rings. The van der Waals surface area contributed by atoms with E-state index in [1.807, 2.05) is 30.3 Å². The molecule has 60 valence electrons. The fraction of sp³-hybridized carbons (Fsp3) is 0.250. The van der Waals surface area contributed by atoms with Crippen molar-refractivity contribution in [2.75, 3.05) is 0 Å². The van der Waals surface area contributed by atoms with Gasteiger partial charge in [0.05, 0.1) is 5.25 Å². The number of hydrogen-bond donors (Lipinski definition) is 1. The van der Waals surface area contributed by atoms with Gasteiger partial charge in [-0.3, -0.25) is 0 Å². The van der Waals surface area contributed by atoms with Crippen molar-refractivity contribution < 1.29 is 8.76 Å². The predicted octanol–water partition coefficient (Wildman–Crippen LogP) is 1.97. The van der Waals surface area contributed by atoms with Crippen molar-refractivity contribution in [2.45, 2.75) is 12.2 Å². The summed E-state index contributed by atoms with van der Waals surface area (Å²) in [7, 11) is 0. The smallest absolute Gasteiger partial charge is 0.160 e. The molecule has 2 nitrogen and oxygen atoms in total. The quantitative estimate of drug-likeness (QED) is 0.689. The third-order valence-corrected chi connectivity index (χ3v) is 2.45. The van der Waals surface area contributed by atoms with Crippen LogP contribution in [-0.4, -0.2) is 8.76 Å². The Bertz CT molecular complexity index is 246. The summed E-state index contributed by atoms with van der Waals surface area (Å²) in [6.07, 6.45) is 0. The highest BCUT2D eigenvalue weighted by Gasteiger charge is 2.09. The van der Waals surface area contributed by atoms with E-state index in [9.17, 15) is 4.21 Å². The van der Waals surface area contributed by atoms with Crippen molar-refractivity contribution in [3.05, 3.63) is 35.9 Å². The number of rotatable bonds is 2. The van der Waals surface area contributed by atoms with Gasteiger partial charge in [-0.25, -0.2) is 4.21 Å². The van der Waals surface area contributed by atoms with Crippen LogP contribution in [0.1, 0.15) is 17.7 Å². The Balaban J connectivity index is 2.85. The van der Waals surface area contributed by atoms with Gasteiger partial charge in [0, 0.05) is 0 Å². The zero-order chi connectivity index (χ0) is 8.27. The van der Waals surface area contributed by atoms with E-state index in [4.69, 9.17) is 4.55 Å². The van der Waals surface area contributed by atoms with Gasteiger partial charge in [-0.15, -0.1) is 0 Å². The molecule has 0 aromatic heterocycles. The molecule has 1 unspecified atom stereocenters. The summed E-state index contributed by atoms with van der Waals surface area (Å²) in [4.78, 5) is 0. The lowest BCUT2D eigenvalue weighted by Crippen LogP contribution is -1.99. The van der Waals surface area contributed by atoms with E-state index < -0.39 is 11.1 Å². The first-order valence-corrected chi connectivity index (χ1v) is 4.53. The molecule has 0 saturated carbocycles. The van der Waals surface area contributed by atoms with Gasteiger partial charge in [0.1, 0.15) is 0 Å². The molecule has 1 aromatic carbocycles. The summed E-state index contributed by atoms with van der Waals surface area (Å²) in [5.74, 6) is 0. The molecule has 0 heterocycles. The van der Waals surface area contributed by atoms with Crippen molar-refractivity contribution in [1.82, 2.24) is 0 Å². The highest BCUT2D eigenvalue weighted by molar-refractivity contribution is 7.79. The summed E-state index contributed by atoms with van der Waals surface area (Å²) in [6, 6.07) is 9.30. The van der Waals surface area contributed by atoms with Gasteiger partial charge in [-0.1, -0.05) is 30.3 Å². The predicted molar refractivity (Wildman–Crippen MR) is 45.6 cm³/mol. The van der Waals surface area contributed by atoms with Crippen LogP contribution in [0.25, 0.3) is 0 Å². The molecule has 3 heteroatoms. The molecule has 0 aliphatic rings. The summed E-state index contributed by atoms with van der Waals surface area (Å²) in [5.41, 5.74) is 0.897. The van der Waals surface area contributed by atoms with E-state index >= 15 is 0 Å². The molecule has 1 aromatic rings. The Kier molecular flexibility index (Phi) is 2.79. The highest BCUT2D eigenvalue weighted by Crippen LogP contribution is 2.16. The van der Waals surface area contributed by atoms with Gasteiger partial charge in [0.15, 0.2) is 11.1 Å². The SMILES string of the molecule is C[C@H](c1ccccc1)S(=O)O. The van der Waals surface area contributed by atoms with Gasteiger partial charge in [-0.05, 0) is 12.5 Å². The summed E-state index contributed by atoms with van der Waals surface area (Å²) in [6.45, 7) is 1.73. The van der Waals surface area contributed by atoms with Gasteiger partial charge >= 0.3 is 0 Å². The Morgan fingerprint density at radius 1 is 1.36 bits per heavy atom. The van der Waals surface area contributed by atoms with E-state index in [1.165, 1.54) is 0 Å². The number of benzene rings is 1. The average Bonchev–Trinajstić information content (AvgIpc) is 2.05. The van der Waals surface area contributed by atoms with E-state index in [-0.39, 0.29) is 5.25 Å². The largest absolute Gasteiger partial charge is 0.306 e. The summed E-state index contributed by atoms with van der Waals surface area (Å²) < 4.78 is 19.4. The Hall–Kier alpha value is -0.670. The summed E-state index contributed by atoms with van der Waals surface area (Å²) >= 11 is -1.76. The van der Waals surface area contributed by atoms with Crippen LogP contribution in [0.2, 0.25) is 0 Å². The van der Waals surface area contributed by atoms with E-state index in [0.29, 0.717) is 0 Å². The van der Waals surface area contributed by atoms with Crippen LogP contribution < -0.4 is 0 Å². The fourth-order valence-electron chi connectivity index (χ4n) is 0.840. The second-order valence-electron chi connectivity index (χ2n) is 2.33. The van der Waals surface area contributed by atoms with Crippen molar-refractivity contribution in [3.8, 4) is 0 Å². The second kappa shape index (κ2) is 3.64. The normalized spacial score (nSPS) is 15.8. The maximum absolute atomic E-state index is 10.6. The van der Waals surface area contributed by atoms with Crippen molar-refractivity contribution in [1.29, 1.82) is 0 Å². The third kappa shape index (κ3) is 2.13. The molecule has 0 saturated heterocycles. The topological polar surface area (TPSA) is 37.3 Å². The zero-order valence-corrected chi connectivity index (χ0v) is 7.04. The lowest BCUT2D eigenvalue weighted by Gasteiger charge is -2.05. The van der Waals surface area contributed by atoms with Crippen LogP contribution in [0.15, 0.2) is 30.3 Å². The van der Waals surface area contributed by atoms with Crippen molar-refractivity contribution >= 4 is 11.1 Å². The first-order chi connectivity index (χ1) is 5.22. The van der Waals surface area contributed by atoms with Crippen LogP contribution in [0.5, 0.6) is 0 Å². The van der Waals surface area contributed by atoms with Crippen molar-refractivity contribution in [3.63, 3.8) is 0 Å². The first-order valence-electron chi connectivity index (χ1n) is 3.36. The van der Waals surface area contributed by atoms with Gasteiger partial charge in [-0.2, -0.15) is 0 Å². The Morgan fingerprint density at radius 2 is 1.91 bits per heavy atom. The van der Waals surface area contributed by atoms with Crippen LogP contribution >= 0.6 is 0 Å². The minimum atomic E-state index is -1.76. The van der Waals surface area contributed by atoms with Crippen molar-refractivity contribution in [2.24, 2.45) is 0 Å². The van der Waals surface area contributed by atoms with Gasteiger partial charge < -0.3 is 4.55 Å². The minimum Gasteiger partial charge on any atom is -0.306 e. The molecule has 1 N–H and O–H groups in total. The standard InChI is InChI=1S/C8H10O2S/c1-7(11(9)10)8-5-3-2-4-6-8/h2-7H,1H3,(H,9,10)/t7-/m1/s1. The minimum absolute atomic E-state index is 0.295. The van der Waals surface area contributed by atoms with E-state index in [1.54, 1.807) is 6.92 Å². The van der Waals surface area contributed by atoms with Crippen LogP contribution in [0.4, 0.5) is 0 Å². The maximum atomic E-state index is 10.6. The van der Waals surface area contributed by atoms with Gasteiger partial charge in [0.2, 0.25) is 0 Å². The Labute approximate surface area is 68.5 Å². The average molecular weight is 170 g/mol. The van der Waals surface area contributed by atoms with Crippen LogP contribution in [0.3, 0.4) is 0 Å². The molecule has 0 radical (unpaired) electrons. The maximum Gasteiger partial charge on any atom is 0.160 e. The molecule has 0 bridgehead atoms. The monoisotopic (exact) mass is 170 g/mol. The molecule has 2 atom stereocenters. The van der Waals surface area contributed by atoms with Crippen LogP contribution in [0, 0.1) is 0 Å². The molecular formula is C8H10O2S. The molecule has 0 aliphatic carbocycles. The third-order valence-electron chi connectivity index (χ3n) is 1.57. The Morgan fingerprint density at radius 3 is 2.36 bits per heavy atom. The van der Waals surface area contributed by atoms with E-state index in [0.717, 1.165) is 5.56 Å². The zero-order valence-electron chi connectivity index (χ0n) is 6.23. The summed E-state index contributed by atoms with van der Waals surface area (Å²) in [5, 5.41) is -0.295. The van der Waals surface area contributed by atoms with E-state index in [2.05, 4.69) is 0 Å². The first kappa shape index (κ1) is 8.43. The van der Waals surface area contributed by atoms with Gasteiger partial charge in [0.25, 0.3) is 0 Å². The molecule has 0 spiro atoms. The molecule has 0 aliphatic heterocycles. The number of hydrogen-bond acceptors (Lipinski definition) is 1. The molecule has 0 amide bonds. The molecule has 11 heavy (non-hydrogen) atoms. The van der Waals surface area contributed by atoms with Crippen LogP contribution in [-0.2, 0) is 11.1 Å². The second-order valence-corrected chi connectivity index (χ2v) is 3.59. The molecule has 1 rings (SSSR count).